The molecule has 4 heteroatoms. The maximum Gasteiger partial charge on any atom is 0.138 e. The first-order valence-electron chi connectivity index (χ1n) is 8.65. The highest BCUT2D eigenvalue weighted by atomic mass is 19.1. The summed E-state index contributed by atoms with van der Waals surface area (Å²) in [5.41, 5.74) is 3.94. The van der Waals surface area contributed by atoms with E-state index in [1.807, 2.05) is 30.3 Å². The summed E-state index contributed by atoms with van der Waals surface area (Å²) in [7, 11) is 0. The minimum Gasteiger partial charge on any atom is -0.338 e. The van der Waals surface area contributed by atoms with Gasteiger partial charge < -0.3 is 4.98 Å². The van der Waals surface area contributed by atoms with E-state index in [-0.39, 0.29) is 5.82 Å². The molecule has 124 valence electrons. The lowest BCUT2D eigenvalue weighted by Crippen LogP contribution is -2.32. The number of aromatic amines is 1. The predicted octanol–water partition coefficient (Wildman–Crippen LogP) is 4.60. The van der Waals surface area contributed by atoms with Gasteiger partial charge in [-0.15, -0.1) is 0 Å². The van der Waals surface area contributed by atoms with Crippen molar-refractivity contribution >= 4 is 11.0 Å². The molecule has 4 rings (SSSR count). The van der Waals surface area contributed by atoms with Crippen LogP contribution in [-0.2, 0) is 6.54 Å². The van der Waals surface area contributed by atoms with Crippen molar-refractivity contribution in [3.05, 3.63) is 53.8 Å². The fraction of sp³-hybridized carbons (Fsp3) is 0.350. The molecule has 2 heterocycles. The molecule has 3 aromatic rings. The molecule has 2 aromatic carbocycles. The van der Waals surface area contributed by atoms with Gasteiger partial charge in [-0.1, -0.05) is 19.1 Å². The lowest BCUT2D eigenvalue weighted by atomic mass is 9.98. The van der Waals surface area contributed by atoms with Crippen molar-refractivity contribution in [2.24, 2.45) is 5.92 Å². The van der Waals surface area contributed by atoms with Gasteiger partial charge in [0.25, 0.3) is 0 Å². The number of fused-ring (bicyclic) bond motifs is 1. The average Bonchev–Trinajstić information content (AvgIpc) is 3.01. The van der Waals surface area contributed by atoms with Crippen LogP contribution >= 0.6 is 0 Å². The van der Waals surface area contributed by atoms with Crippen LogP contribution in [0.1, 0.15) is 25.3 Å². The summed E-state index contributed by atoms with van der Waals surface area (Å²) in [5.74, 6) is 1.43. The largest absolute Gasteiger partial charge is 0.338 e. The summed E-state index contributed by atoms with van der Waals surface area (Å²) < 4.78 is 13.8. The quantitative estimate of drug-likeness (QED) is 0.764. The Morgan fingerprint density at radius 2 is 1.96 bits per heavy atom. The highest BCUT2D eigenvalue weighted by molar-refractivity contribution is 5.79. The molecule has 3 nitrogen and oxygen atoms in total. The zero-order valence-electron chi connectivity index (χ0n) is 13.9. The van der Waals surface area contributed by atoms with Gasteiger partial charge in [0, 0.05) is 12.1 Å². The highest BCUT2D eigenvalue weighted by Crippen LogP contribution is 2.27. The average molecular weight is 323 g/mol. The van der Waals surface area contributed by atoms with Crippen molar-refractivity contribution < 1.29 is 4.39 Å². The molecule has 1 N–H and O–H groups in total. The molecule has 0 atom stereocenters. The molecule has 0 aliphatic carbocycles. The van der Waals surface area contributed by atoms with E-state index in [1.54, 1.807) is 6.07 Å². The fourth-order valence-electron chi connectivity index (χ4n) is 3.47. The van der Waals surface area contributed by atoms with Crippen molar-refractivity contribution in [1.82, 2.24) is 14.9 Å². The molecule has 0 amide bonds. The van der Waals surface area contributed by atoms with Gasteiger partial charge in [0.2, 0.25) is 0 Å². The maximum atomic E-state index is 13.8. The zero-order chi connectivity index (χ0) is 16.5. The number of imidazole rings is 1. The van der Waals surface area contributed by atoms with Crippen LogP contribution in [0.3, 0.4) is 0 Å². The summed E-state index contributed by atoms with van der Waals surface area (Å²) in [6.45, 7) is 5.24. The molecule has 1 aromatic heterocycles. The molecule has 1 aliphatic heterocycles. The SMILES string of the molecule is CC1CCN(Cc2cc(F)ccc2-c2nc3ccccc3[nH]2)CC1. The maximum absolute atomic E-state index is 13.8. The molecule has 1 aliphatic rings. The van der Waals surface area contributed by atoms with Crippen molar-refractivity contribution in [1.29, 1.82) is 0 Å². The molecular weight excluding hydrogens is 301 g/mol. The third-order valence-corrected chi connectivity index (χ3v) is 4.98. The number of H-pyrrole nitrogens is 1. The molecular formula is C20H22FN3. The second-order valence-corrected chi connectivity index (χ2v) is 6.86. The molecule has 0 unspecified atom stereocenters. The number of hydrogen-bond acceptors (Lipinski definition) is 2. The first-order chi connectivity index (χ1) is 11.7. The molecule has 24 heavy (non-hydrogen) atoms. The smallest absolute Gasteiger partial charge is 0.138 e. The topological polar surface area (TPSA) is 31.9 Å². The van der Waals surface area contributed by atoms with Crippen LogP contribution in [0, 0.1) is 11.7 Å². The van der Waals surface area contributed by atoms with Gasteiger partial charge in [-0.3, -0.25) is 4.90 Å². The van der Waals surface area contributed by atoms with Crippen molar-refractivity contribution in [2.45, 2.75) is 26.3 Å². The standard InChI is InChI=1S/C20H22FN3/c1-14-8-10-24(11-9-14)13-15-12-16(21)6-7-17(15)20-22-18-4-2-3-5-19(18)23-20/h2-7,12,14H,8-11,13H2,1H3,(H,22,23). The second kappa shape index (κ2) is 6.36. The number of para-hydroxylation sites is 2. The number of benzene rings is 2. The Morgan fingerprint density at radius 3 is 2.75 bits per heavy atom. The lowest BCUT2D eigenvalue weighted by molar-refractivity contribution is 0.185. The number of halogens is 1. The van der Waals surface area contributed by atoms with Gasteiger partial charge in [-0.2, -0.15) is 0 Å². The summed E-state index contributed by atoms with van der Waals surface area (Å²) in [5, 5.41) is 0. The number of hydrogen-bond donors (Lipinski definition) is 1. The van der Waals surface area contributed by atoms with Gasteiger partial charge >= 0.3 is 0 Å². The Labute approximate surface area is 141 Å². The number of nitrogens with one attached hydrogen (secondary N) is 1. The van der Waals surface area contributed by atoms with Crippen molar-refractivity contribution in [2.75, 3.05) is 13.1 Å². The van der Waals surface area contributed by atoms with Crippen molar-refractivity contribution in [3.8, 4) is 11.4 Å². The van der Waals surface area contributed by atoms with E-state index in [2.05, 4.69) is 21.8 Å². The highest BCUT2D eigenvalue weighted by Gasteiger charge is 2.18. The van der Waals surface area contributed by atoms with Gasteiger partial charge in [0.15, 0.2) is 0 Å². The van der Waals surface area contributed by atoms with E-state index in [1.165, 1.54) is 18.9 Å². The summed E-state index contributed by atoms with van der Waals surface area (Å²) in [4.78, 5) is 10.5. The Balaban J connectivity index is 1.67. The number of rotatable bonds is 3. The van der Waals surface area contributed by atoms with Crippen LogP contribution < -0.4 is 0 Å². The van der Waals surface area contributed by atoms with E-state index < -0.39 is 0 Å². The summed E-state index contributed by atoms with van der Waals surface area (Å²) in [6, 6.07) is 13.0. The van der Waals surface area contributed by atoms with E-state index in [4.69, 9.17) is 0 Å². The van der Waals surface area contributed by atoms with Gasteiger partial charge in [-0.05, 0) is 67.7 Å². The fourth-order valence-corrected chi connectivity index (χ4v) is 3.47. The summed E-state index contributed by atoms with van der Waals surface area (Å²) >= 11 is 0. The first kappa shape index (κ1) is 15.3. The lowest BCUT2D eigenvalue weighted by Gasteiger charge is -2.30. The summed E-state index contributed by atoms with van der Waals surface area (Å²) in [6.07, 6.45) is 2.44. The minimum atomic E-state index is -0.185. The number of likely N-dealkylation sites (tertiary alicyclic amines) is 1. The van der Waals surface area contributed by atoms with E-state index >= 15 is 0 Å². The number of aromatic nitrogens is 2. The Kier molecular flexibility index (Phi) is 4.07. The van der Waals surface area contributed by atoms with Gasteiger partial charge in [-0.25, -0.2) is 9.37 Å². The van der Waals surface area contributed by atoms with Crippen LogP contribution in [0.2, 0.25) is 0 Å². The van der Waals surface area contributed by atoms with Gasteiger partial charge in [0.1, 0.15) is 11.6 Å². The van der Waals surface area contributed by atoms with Crippen molar-refractivity contribution in [3.63, 3.8) is 0 Å². The third-order valence-electron chi connectivity index (χ3n) is 4.98. The van der Waals surface area contributed by atoms with E-state index in [9.17, 15) is 4.39 Å². The number of nitrogens with zero attached hydrogens (tertiary/aromatic N) is 2. The molecule has 0 saturated carbocycles. The normalized spacial score (nSPS) is 16.8. The van der Waals surface area contributed by atoms with Crippen LogP contribution in [0.15, 0.2) is 42.5 Å². The Bertz CT molecular complexity index is 814. The molecule has 0 spiro atoms. The Hall–Kier alpha value is -2.20. The molecule has 1 saturated heterocycles. The van der Waals surface area contributed by atoms with E-state index in [0.717, 1.165) is 53.5 Å². The van der Waals surface area contributed by atoms with Gasteiger partial charge in [0.05, 0.1) is 11.0 Å². The van der Waals surface area contributed by atoms with Crippen LogP contribution in [-0.4, -0.2) is 28.0 Å². The van der Waals surface area contributed by atoms with Crippen LogP contribution in [0.25, 0.3) is 22.4 Å². The number of piperidine rings is 1. The minimum absolute atomic E-state index is 0.185. The third kappa shape index (κ3) is 3.06. The first-order valence-corrected chi connectivity index (χ1v) is 8.65. The Morgan fingerprint density at radius 1 is 1.17 bits per heavy atom. The molecule has 0 radical (unpaired) electrons. The van der Waals surface area contributed by atoms with Crippen LogP contribution in [0.5, 0.6) is 0 Å². The molecule has 0 bridgehead atoms. The second-order valence-electron chi connectivity index (χ2n) is 6.86. The predicted molar refractivity (Wildman–Crippen MR) is 95.2 cm³/mol. The van der Waals surface area contributed by atoms with Crippen LogP contribution in [0.4, 0.5) is 4.39 Å². The van der Waals surface area contributed by atoms with E-state index in [0.29, 0.717) is 0 Å². The monoisotopic (exact) mass is 323 g/mol. The zero-order valence-corrected chi connectivity index (χ0v) is 13.9. The molecule has 1 fully saturated rings.